The molecule has 0 aliphatic carbocycles. The van der Waals surface area contributed by atoms with Crippen LogP contribution >= 0.6 is 11.8 Å². The first-order chi connectivity index (χ1) is 7.27. The Hall–Kier alpha value is -0.510. The van der Waals surface area contributed by atoms with E-state index < -0.39 is 0 Å². The number of ether oxygens (including phenoxy) is 1. The van der Waals surface area contributed by atoms with Gasteiger partial charge in [0.15, 0.2) is 0 Å². The summed E-state index contributed by atoms with van der Waals surface area (Å²) in [6.45, 7) is 5.41. The SMILES string of the molecule is CCSc1ccc(C(C)OCCN)cc1. The zero-order chi connectivity index (χ0) is 11.1. The molecule has 15 heavy (non-hydrogen) atoms. The Kier molecular flexibility index (Phi) is 5.76. The van der Waals surface area contributed by atoms with Crippen molar-refractivity contribution in [3.05, 3.63) is 29.8 Å². The second-order valence-corrected chi connectivity index (χ2v) is 4.64. The van der Waals surface area contributed by atoms with Crippen LogP contribution in [0.4, 0.5) is 0 Å². The largest absolute Gasteiger partial charge is 0.373 e. The average Bonchev–Trinajstić information content (AvgIpc) is 2.27. The summed E-state index contributed by atoms with van der Waals surface area (Å²) in [7, 11) is 0. The van der Waals surface area contributed by atoms with Gasteiger partial charge in [-0.1, -0.05) is 19.1 Å². The Morgan fingerprint density at radius 3 is 2.53 bits per heavy atom. The van der Waals surface area contributed by atoms with Gasteiger partial charge >= 0.3 is 0 Å². The van der Waals surface area contributed by atoms with Crippen molar-refractivity contribution < 1.29 is 4.74 Å². The zero-order valence-corrected chi connectivity index (χ0v) is 10.2. The summed E-state index contributed by atoms with van der Waals surface area (Å²) in [5.41, 5.74) is 6.60. The number of benzene rings is 1. The first-order valence-electron chi connectivity index (χ1n) is 5.32. The van der Waals surface area contributed by atoms with Crippen molar-refractivity contribution in [3.8, 4) is 0 Å². The summed E-state index contributed by atoms with van der Waals surface area (Å²) in [4.78, 5) is 1.31. The van der Waals surface area contributed by atoms with E-state index in [1.54, 1.807) is 0 Å². The maximum Gasteiger partial charge on any atom is 0.0797 e. The first-order valence-corrected chi connectivity index (χ1v) is 6.31. The summed E-state index contributed by atoms with van der Waals surface area (Å²) in [5.74, 6) is 1.11. The van der Waals surface area contributed by atoms with Gasteiger partial charge in [0.2, 0.25) is 0 Å². The van der Waals surface area contributed by atoms with Crippen LogP contribution < -0.4 is 5.73 Å². The predicted octanol–water partition coefficient (Wildman–Crippen LogP) is 2.83. The van der Waals surface area contributed by atoms with Gasteiger partial charge < -0.3 is 10.5 Å². The highest BCUT2D eigenvalue weighted by Gasteiger charge is 2.04. The molecule has 2 N–H and O–H groups in total. The topological polar surface area (TPSA) is 35.2 Å². The minimum atomic E-state index is 0.134. The molecule has 1 rings (SSSR count). The number of hydrogen-bond acceptors (Lipinski definition) is 3. The standard InChI is InChI=1S/C12H19NOS/c1-3-15-12-6-4-11(5-7-12)10(2)14-9-8-13/h4-7,10H,3,8-9,13H2,1-2H3. The fourth-order valence-electron chi connectivity index (χ4n) is 1.34. The molecule has 84 valence electrons. The fourth-order valence-corrected chi connectivity index (χ4v) is 2.00. The van der Waals surface area contributed by atoms with Crippen LogP contribution in [0, 0.1) is 0 Å². The number of hydrogen-bond donors (Lipinski definition) is 1. The maximum absolute atomic E-state index is 5.55. The van der Waals surface area contributed by atoms with Gasteiger partial charge in [0.05, 0.1) is 12.7 Å². The summed E-state index contributed by atoms with van der Waals surface area (Å²) < 4.78 is 5.55. The van der Waals surface area contributed by atoms with Crippen molar-refractivity contribution in [1.29, 1.82) is 0 Å². The summed E-state index contributed by atoms with van der Waals surface area (Å²) in [6, 6.07) is 8.54. The van der Waals surface area contributed by atoms with E-state index in [2.05, 4.69) is 38.1 Å². The van der Waals surface area contributed by atoms with Gasteiger partial charge in [-0.05, 0) is 30.4 Å². The predicted molar refractivity (Wildman–Crippen MR) is 66.3 cm³/mol. The lowest BCUT2D eigenvalue weighted by atomic mass is 10.1. The average molecular weight is 225 g/mol. The quantitative estimate of drug-likeness (QED) is 0.756. The van der Waals surface area contributed by atoms with E-state index in [1.165, 1.54) is 10.5 Å². The Labute approximate surface area is 96.2 Å². The number of rotatable bonds is 6. The molecule has 1 aromatic rings. The van der Waals surface area contributed by atoms with Crippen LogP contribution in [-0.2, 0) is 4.74 Å². The lowest BCUT2D eigenvalue weighted by Crippen LogP contribution is -2.10. The van der Waals surface area contributed by atoms with Crippen LogP contribution in [0.5, 0.6) is 0 Å². The van der Waals surface area contributed by atoms with Gasteiger partial charge in [-0.3, -0.25) is 0 Å². The van der Waals surface area contributed by atoms with Crippen LogP contribution in [0.15, 0.2) is 29.2 Å². The van der Waals surface area contributed by atoms with E-state index in [0.717, 1.165) is 5.75 Å². The van der Waals surface area contributed by atoms with Crippen molar-refractivity contribution in [2.24, 2.45) is 5.73 Å². The van der Waals surface area contributed by atoms with Crippen LogP contribution in [0.3, 0.4) is 0 Å². The van der Waals surface area contributed by atoms with E-state index in [-0.39, 0.29) is 6.10 Å². The molecule has 0 saturated carbocycles. The third-order valence-corrected chi connectivity index (χ3v) is 3.04. The monoisotopic (exact) mass is 225 g/mol. The van der Waals surface area contributed by atoms with E-state index in [9.17, 15) is 0 Å². The molecule has 0 aliphatic heterocycles. The second kappa shape index (κ2) is 6.88. The Bertz CT molecular complexity index is 273. The van der Waals surface area contributed by atoms with E-state index in [4.69, 9.17) is 10.5 Å². The molecular weight excluding hydrogens is 206 g/mol. The van der Waals surface area contributed by atoms with Crippen LogP contribution in [0.25, 0.3) is 0 Å². The minimum absolute atomic E-state index is 0.134. The minimum Gasteiger partial charge on any atom is -0.373 e. The Morgan fingerprint density at radius 2 is 2.00 bits per heavy atom. The molecule has 0 saturated heterocycles. The molecule has 0 bridgehead atoms. The van der Waals surface area contributed by atoms with E-state index >= 15 is 0 Å². The fraction of sp³-hybridized carbons (Fsp3) is 0.500. The molecule has 0 fully saturated rings. The van der Waals surface area contributed by atoms with Crippen molar-refractivity contribution in [3.63, 3.8) is 0 Å². The molecule has 3 heteroatoms. The molecule has 0 amide bonds. The molecule has 0 spiro atoms. The highest BCUT2D eigenvalue weighted by molar-refractivity contribution is 7.99. The highest BCUT2D eigenvalue weighted by Crippen LogP contribution is 2.22. The Morgan fingerprint density at radius 1 is 1.33 bits per heavy atom. The van der Waals surface area contributed by atoms with E-state index in [1.807, 2.05) is 11.8 Å². The van der Waals surface area contributed by atoms with Gasteiger partial charge in [0.25, 0.3) is 0 Å². The molecule has 0 aromatic heterocycles. The molecule has 0 radical (unpaired) electrons. The van der Waals surface area contributed by atoms with Gasteiger partial charge in [0.1, 0.15) is 0 Å². The lowest BCUT2D eigenvalue weighted by molar-refractivity contribution is 0.0718. The van der Waals surface area contributed by atoms with Crippen LogP contribution in [-0.4, -0.2) is 18.9 Å². The molecule has 1 aromatic carbocycles. The summed E-state index contributed by atoms with van der Waals surface area (Å²) in [5, 5.41) is 0. The van der Waals surface area contributed by atoms with Gasteiger partial charge in [-0.2, -0.15) is 0 Å². The second-order valence-electron chi connectivity index (χ2n) is 3.30. The molecule has 0 heterocycles. The Balaban J connectivity index is 2.54. The van der Waals surface area contributed by atoms with Gasteiger partial charge in [0, 0.05) is 11.4 Å². The highest BCUT2D eigenvalue weighted by atomic mass is 32.2. The molecule has 2 nitrogen and oxygen atoms in total. The summed E-state index contributed by atoms with van der Waals surface area (Å²) in [6.07, 6.45) is 0.134. The molecule has 0 aliphatic rings. The molecule has 1 atom stereocenters. The maximum atomic E-state index is 5.55. The smallest absolute Gasteiger partial charge is 0.0797 e. The molecular formula is C12H19NOS. The normalized spacial score (nSPS) is 12.7. The van der Waals surface area contributed by atoms with Gasteiger partial charge in [-0.25, -0.2) is 0 Å². The first kappa shape index (κ1) is 12.6. The van der Waals surface area contributed by atoms with Gasteiger partial charge in [-0.15, -0.1) is 11.8 Å². The summed E-state index contributed by atoms with van der Waals surface area (Å²) >= 11 is 1.85. The van der Waals surface area contributed by atoms with Crippen molar-refractivity contribution in [2.45, 2.75) is 24.8 Å². The lowest BCUT2D eigenvalue weighted by Gasteiger charge is -2.13. The number of thioether (sulfide) groups is 1. The third kappa shape index (κ3) is 4.24. The van der Waals surface area contributed by atoms with E-state index in [0.29, 0.717) is 13.2 Å². The molecule has 1 unspecified atom stereocenters. The number of nitrogens with two attached hydrogens (primary N) is 1. The third-order valence-electron chi connectivity index (χ3n) is 2.15. The van der Waals surface area contributed by atoms with Crippen LogP contribution in [0.2, 0.25) is 0 Å². The van der Waals surface area contributed by atoms with Crippen LogP contribution in [0.1, 0.15) is 25.5 Å². The van der Waals surface area contributed by atoms with Crippen molar-refractivity contribution in [1.82, 2.24) is 0 Å². The van der Waals surface area contributed by atoms with Crippen molar-refractivity contribution in [2.75, 3.05) is 18.9 Å². The zero-order valence-electron chi connectivity index (χ0n) is 9.40. The van der Waals surface area contributed by atoms with Crippen molar-refractivity contribution >= 4 is 11.8 Å².